The summed E-state index contributed by atoms with van der Waals surface area (Å²) in [6.45, 7) is 2.03. The van der Waals surface area contributed by atoms with Gasteiger partial charge < -0.3 is 24.9 Å². The summed E-state index contributed by atoms with van der Waals surface area (Å²) in [5.74, 6) is 0.662. The number of benzene rings is 1. The number of aliphatic hydroxyl groups excluding tert-OH is 1. The molecule has 6 heteroatoms. The highest BCUT2D eigenvalue weighted by Crippen LogP contribution is 2.66. The number of amides is 1. The number of aromatic amines is 1. The lowest BCUT2D eigenvalue weighted by Gasteiger charge is -2.51. The summed E-state index contributed by atoms with van der Waals surface area (Å²) in [5.41, 5.74) is 1.44. The average molecular weight is 356 g/mol. The van der Waals surface area contributed by atoms with E-state index in [0.717, 1.165) is 41.5 Å². The SMILES string of the molecule is COc1cc(C)c2cc(C(=O)NC34CC(CO)(C3)OC43CCC3)[nH]c2c1. The number of carbonyl (C=O) groups excluding carboxylic acids is 1. The van der Waals surface area contributed by atoms with Crippen LogP contribution in [0.25, 0.3) is 10.9 Å². The van der Waals surface area contributed by atoms with Gasteiger partial charge in [0.1, 0.15) is 11.4 Å². The van der Waals surface area contributed by atoms with Gasteiger partial charge in [0.25, 0.3) is 5.91 Å². The molecule has 4 aliphatic rings. The number of hydrogen-bond acceptors (Lipinski definition) is 4. The second-order valence-electron chi connectivity index (χ2n) is 8.27. The standard InChI is InChI=1S/C20H24N2O4/c1-12-6-13(25-2)7-15-14(12)8-16(21-15)17(24)22-19-9-18(10-19,11-23)26-20(19)4-3-5-20/h6-8,21,23H,3-5,9-11H2,1-2H3,(H,22,24). The van der Waals surface area contributed by atoms with E-state index in [9.17, 15) is 9.90 Å². The van der Waals surface area contributed by atoms with Gasteiger partial charge in [-0.3, -0.25) is 4.79 Å². The number of carbonyl (C=O) groups is 1. The van der Waals surface area contributed by atoms with Crippen molar-refractivity contribution in [1.82, 2.24) is 10.3 Å². The molecule has 2 bridgehead atoms. The Bertz CT molecular complexity index is 906. The third-order valence-corrected chi connectivity index (χ3v) is 6.73. The fourth-order valence-electron chi connectivity index (χ4n) is 5.29. The number of ether oxygens (including phenoxy) is 2. The van der Waals surface area contributed by atoms with Gasteiger partial charge in [0.15, 0.2) is 0 Å². The van der Waals surface area contributed by atoms with E-state index in [1.54, 1.807) is 7.11 Å². The molecule has 0 unspecified atom stereocenters. The van der Waals surface area contributed by atoms with E-state index in [0.29, 0.717) is 18.5 Å². The fourth-order valence-corrected chi connectivity index (χ4v) is 5.29. The highest BCUT2D eigenvalue weighted by Gasteiger charge is 2.76. The van der Waals surface area contributed by atoms with Gasteiger partial charge in [-0.1, -0.05) is 0 Å². The van der Waals surface area contributed by atoms with E-state index in [1.807, 2.05) is 25.1 Å². The van der Waals surface area contributed by atoms with Gasteiger partial charge in [0, 0.05) is 29.8 Å². The molecule has 3 heterocycles. The monoisotopic (exact) mass is 356 g/mol. The van der Waals surface area contributed by atoms with E-state index in [4.69, 9.17) is 9.47 Å². The minimum atomic E-state index is -0.446. The lowest BCUT2D eigenvalue weighted by Crippen LogP contribution is -2.68. The van der Waals surface area contributed by atoms with Crippen LogP contribution in [0.3, 0.4) is 0 Å². The molecule has 1 aromatic heterocycles. The minimum Gasteiger partial charge on any atom is -0.497 e. The van der Waals surface area contributed by atoms with Crippen LogP contribution in [-0.2, 0) is 4.74 Å². The molecule has 1 aromatic carbocycles. The zero-order valence-electron chi connectivity index (χ0n) is 15.1. The summed E-state index contributed by atoms with van der Waals surface area (Å²) >= 11 is 0. The number of nitrogens with one attached hydrogen (secondary N) is 2. The van der Waals surface area contributed by atoms with Crippen molar-refractivity contribution < 1.29 is 19.4 Å². The van der Waals surface area contributed by atoms with Crippen LogP contribution >= 0.6 is 0 Å². The van der Waals surface area contributed by atoms with Gasteiger partial charge in [0.05, 0.1) is 30.5 Å². The number of fused-ring (bicyclic) bond motifs is 1. The molecule has 2 aliphatic heterocycles. The van der Waals surface area contributed by atoms with Crippen molar-refractivity contribution in [3.63, 3.8) is 0 Å². The van der Waals surface area contributed by atoms with Crippen LogP contribution < -0.4 is 10.1 Å². The van der Waals surface area contributed by atoms with Gasteiger partial charge in [0.2, 0.25) is 0 Å². The molecule has 0 radical (unpaired) electrons. The summed E-state index contributed by atoms with van der Waals surface area (Å²) < 4.78 is 11.6. The molecule has 2 saturated heterocycles. The highest BCUT2D eigenvalue weighted by atomic mass is 16.6. The molecule has 2 aromatic rings. The van der Waals surface area contributed by atoms with E-state index < -0.39 is 5.60 Å². The molecule has 2 aliphatic carbocycles. The molecule has 0 atom stereocenters. The topological polar surface area (TPSA) is 83.6 Å². The van der Waals surface area contributed by atoms with Crippen molar-refractivity contribution >= 4 is 16.8 Å². The summed E-state index contributed by atoms with van der Waals surface area (Å²) in [5, 5.41) is 14.0. The lowest BCUT2D eigenvalue weighted by atomic mass is 9.56. The maximum absolute atomic E-state index is 13.0. The molecule has 1 amide bonds. The first-order valence-electron chi connectivity index (χ1n) is 9.25. The number of H-pyrrole nitrogens is 1. The van der Waals surface area contributed by atoms with Gasteiger partial charge in [-0.05, 0) is 43.9 Å². The van der Waals surface area contributed by atoms with E-state index >= 15 is 0 Å². The highest BCUT2D eigenvalue weighted by molar-refractivity contribution is 5.99. The van der Waals surface area contributed by atoms with Gasteiger partial charge >= 0.3 is 0 Å². The predicted molar refractivity (Wildman–Crippen MR) is 96.5 cm³/mol. The maximum atomic E-state index is 13.0. The van der Waals surface area contributed by atoms with Crippen LogP contribution in [0.15, 0.2) is 18.2 Å². The summed E-state index contributed by atoms with van der Waals surface area (Å²) in [6, 6.07) is 5.77. The average Bonchev–Trinajstić information content (AvgIpc) is 3.19. The Labute approximate surface area is 151 Å². The molecule has 2 saturated carbocycles. The Morgan fingerprint density at radius 3 is 2.73 bits per heavy atom. The molecule has 3 N–H and O–H groups in total. The molecule has 1 spiro atoms. The second-order valence-corrected chi connectivity index (χ2v) is 8.27. The molecule has 4 fully saturated rings. The normalized spacial score (nSPS) is 30.9. The van der Waals surface area contributed by atoms with Crippen LogP contribution in [0.5, 0.6) is 5.75 Å². The van der Waals surface area contributed by atoms with Crippen molar-refractivity contribution in [3.8, 4) is 5.75 Å². The number of aryl methyl sites for hydroxylation is 1. The van der Waals surface area contributed by atoms with Crippen LogP contribution in [0.4, 0.5) is 0 Å². The van der Waals surface area contributed by atoms with Gasteiger partial charge in [-0.25, -0.2) is 0 Å². The van der Waals surface area contributed by atoms with Gasteiger partial charge in [-0.15, -0.1) is 0 Å². The number of methoxy groups -OCH3 is 1. The van der Waals surface area contributed by atoms with Crippen molar-refractivity contribution in [1.29, 1.82) is 0 Å². The molecule has 26 heavy (non-hydrogen) atoms. The molecule has 6 rings (SSSR count). The van der Waals surface area contributed by atoms with Crippen molar-refractivity contribution in [2.45, 2.75) is 55.8 Å². The zero-order chi connectivity index (χ0) is 18.2. The Hall–Kier alpha value is -2.05. The summed E-state index contributed by atoms with van der Waals surface area (Å²) in [7, 11) is 1.64. The van der Waals surface area contributed by atoms with Crippen LogP contribution in [0.2, 0.25) is 0 Å². The van der Waals surface area contributed by atoms with Crippen molar-refractivity contribution in [3.05, 3.63) is 29.5 Å². The van der Waals surface area contributed by atoms with Crippen LogP contribution in [-0.4, -0.2) is 46.5 Å². The second kappa shape index (κ2) is 5.02. The van der Waals surface area contributed by atoms with Crippen LogP contribution in [0.1, 0.15) is 48.2 Å². The number of aliphatic hydroxyl groups is 1. The number of aromatic nitrogens is 1. The van der Waals surface area contributed by atoms with Crippen LogP contribution in [0, 0.1) is 6.92 Å². The smallest absolute Gasteiger partial charge is 0.268 e. The first-order chi connectivity index (χ1) is 12.4. The Balaban J connectivity index is 1.44. The Morgan fingerprint density at radius 2 is 2.12 bits per heavy atom. The number of hydrogen-bond donors (Lipinski definition) is 3. The molecular formula is C20H24N2O4. The third-order valence-electron chi connectivity index (χ3n) is 6.73. The Kier molecular flexibility index (Phi) is 3.12. The van der Waals surface area contributed by atoms with E-state index in [2.05, 4.69) is 10.3 Å². The largest absolute Gasteiger partial charge is 0.497 e. The van der Waals surface area contributed by atoms with E-state index in [-0.39, 0.29) is 23.7 Å². The number of rotatable bonds is 4. The molecular weight excluding hydrogens is 332 g/mol. The maximum Gasteiger partial charge on any atom is 0.268 e. The minimum absolute atomic E-state index is 0.0255. The summed E-state index contributed by atoms with van der Waals surface area (Å²) in [4.78, 5) is 16.2. The van der Waals surface area contributed by atoms with E-state index in [1.165, 1.54) is 0 Å². The predicted octanol–water partition coefficient (Wildman–Crippen LogP) is 2.43. The van der Waals surface area contributed by atoms with Crippen molar-refractivity contribution in [2.75, 3.05) is 13.7 Å². The molecule has 138 valence electrons. The summed E-state index contributed by atoms with van der Waals surface area (Å²) in [6.07, 6.45) is 4.44. The first kappa shape index (κ1) is 16.1. The Morgan fingerprint density at radius 1 is 1.35 bits per heavy atom. The first-order valence-corrected chi connectivity index (χ1v) is 9.25. The van der Waals surface area contributed by atoms with Gasteiger partial charge in [-0.2, -0.15) is 0 Å². The zero-order valence-corrected chi connectivity index (χ0v) is 15.1. The fraction of sp³-hybridized carbons (Fsp3) is 0.550. The lowest BCUT2D eigenvalue weighted by molar-refractivity contribution is -0.126. The third kappa shape index (κ3) is 1.91. The quantitative estimate of drug-likeness (QED) is 0.786. The molecule has 6 nitrogen and oxygen atoms in total. The van der Waals surface area contributed by atoms with Crippen molar-refractivity contribution in [2.24, 2.45) is 0 Å².